The molecule has 0 radical (unpaired) electrons. The lowest BCUT2D eigenvalue weighted by atomic mass is 10.2. The molecule has 0 amide bonds. The highest BCUT2D eigenvalue weighted by atomic mass is 16.6. The van der Waals surface area contributed by atoms with Crippen LogP contribution in [-0.4, -0.2) is 19.1 Å². The highest BCUT2D eigenvalue weighted by Crippen LogP contribution is 2.29. The molecule has 0 heterocycles. The number of benzene rings is 2. The summed E-state index contributed by atoms with van der Waals surface area (Å²) in [5.41, 5.74) is 2.02. The van der Waals surface area contributed by atoms with E-state index < -0.39 is 4.92 Å². The van der Waals surface area contributed by atoms with Crippen LogP contribution in [0.1, 0.15) is 11.1 Å². The second-order valence-corrected chi connectivity index (χ2v) is 4.73. The molecule has 0 saturated heterocycles. The lowest BCUT2D eigenvalue weighted by Gasteiger charge is -2.12. The summed E-state index contributed by atoms with van der Waals surface area (Å²) >= 11 is 0. The maximum atomic E-state index is 10.6. The van der Waals surface area contributed by atoms with E-state index in [1.165, 1.54) is 12.1 Å². The number of nitrogens with zero attached hydrogens (tertiary/aromatic N) is 1. The predicted molar refractivity (Wildman–Crippen MR) is 83.2 cm³/mol. The quantitative estimate of drug-likeness (QED) is 0.629. The largest absolute Gasteiger partial charge is 0.493 e. The molecule has 22 heavy (non-hydrogen) atoms. The number of nitrogens with one attached hydrogen (secondary N) is 1. The molecule has 0 aromatic heterocycles. The minimum absolute atomic E-state index is 0.0674. The van der Waals surface area contributed by atoms with E-state index >= 15 is 0 Å². The molecule has 0 aliphatic carbocycles. The highest BCUT2D eigenvalue weighted by Gasteiger charge is 2.07. The fourth-order valence-corrected chi connectivity index (χ4v) is 2.02. The van der Waals surface area contributed by atoms with Gasteiger partial charge in [0.1, 0.15) is 6.61 Å². The molecule has 0 aliphatic rings. The van der Waals surface area contributed by atoms with Crippen LogP contribution in [0.25, 0.3) is 0 Å². The van der Waals surface area contributed by atoms with Crippen molar-refractivity contribution in [3.8, 4) is 11.5 Å². The number of hydrogen-bond acceptors (Lipinski definition) is 5. The third-order valence-corrected chi connectivity index (χ3v) is 3.15. The Morgan fingerprint density at radius 2 is 1.77 bits per heavy atom. The molecule has 2 aromatic carbocycles. The van der Waals surface area contributed by atoms with Crippen molar-refractivity contribution in [2.75, 3.05) is 14.2 Å². The number of nitro groups is 1. The Bertz CT molecular complexity index is 641. The Morgan fingerprint density at radius 1 is 1.09 bits per heavy atom. The average molecular weight is 302 g/mol. The fourth-order valence-electron chi connectivity index (χ4n) is 2.02. The molecule has 0 fully saturated rings. The van der Waals surface area contributed by atoms with Crippen LogP contribution >= 0.6 is 0 Å². The van der Waals surface area contributed by atoms with Crippen molar-refractivity contribution in [2.24, 2.45) is 0 Å². The number of ether oxygens (including phenoxy) is 2. The predicted octanol–water partition coefficient (Wildman–Crippen LogP) is 2.90. The Morgan fingerprint density at radius 3 is 2.36 bits per heavy atom. The molecule has 0 bridgehead atoms. The highest BCUT2D eigenvalue weighted by molar-refractivity contribution is 5.43. The minimum atomic E-state index is -0.422. The van der Waals surface area contributed by atoms with E-state index in [2.05, 4.69) is 5.32 Å². The van der Waals surface area contributed by atoms with Gasteiger partial charge in [-0.3, -0.25) is 10.1 Å². The zero-order valence-corrected chi connectivity index (χ0v) is 12.5. The number of methoxy groups -OCH3 is 1. The first-order valence-corrected chi connectivity index (χ1v) is 6.81. The van der Waals surface area contributed by atoms with Crippen LogP contribution in [0.3, 0.4) is 0 Å². The van der Waals surface area contributed by atoms with E-state index in [1.54, 1.807) is 19.2 Å². The van der Waals surface area contributed by atoms with Crippen LogP contribution in [0.2, 0.25) is 0 Å². The SMILES string of the molecule is CNCc1ccc(OCc2ccc([N+](=O)[O-])cc2)c(OC)c1. The van der Waals surface area contributed by atoms with Gasteiger partial charge in [0.05, 0.1) is 12.0 Å². The molecular formula is C16H18N2O4. The van der Waals surface area contributed by atoms with Gasteiger partial charge < -0.3 is 14.8 Å². The zero-order chi connectivity index (χ0) is 15.9. The third kappa shape index (κ3) is 3.95. The minimum Gasteiger partial charge on any atom is -0.493 e. The molecule has 0 atom stereocenters. The number of rotatable bonds is 7. The smallest absolute Gasteiger partial charge is 0.269 e. The molecule has 1 N–H and O–H groups in total. The van der Waals surface area contributed by atoms with Crippen molar-refractivity contribution < 1.29 is 14.4 Å². The summed E-state index contributed by atoms with van der Waals surface area (Å²) in [7, 11) is 3.47. The van der Waals surface area contributed by atoms with E-state index in [-0.39, 0.29) is 5.69 Å². The van der Waals surface area contributed by atoms with E-state index in [9.17, 15) is 10.1 Å². The monoisotopic (exact) mass is 302 g/mol. The van der Waals surface area contributed by atoms with Crippen LogP contribution in [0.15, 0.2) is 42.5 Å². The Labute approximate surface area is 128 Å². The van der Waals surface area contributed by atoms with Crippen LogP contribution in [0.5, 0.6) is 11.5 Å². The Balaban J connectivity index is 2.05. The standard InChI is InChI=1S/C16H18N2O4/c1-17-10-13-5-8-15(16(9-13)21-2)22-11-12-3-6-14(7-4-12)18(19)20/h3-9,17H,10-11H2,1-2H3. The normalized spacial score (nSPS) is 10.3. The molecule has 2 aromatic rings. The molecule has 6 heteroatoms. The molecule has 2 rings (SSSR count). The second-order valence-electron chi connectivity index (χ2n) is 4.73. The molecular weight excluding hydrogens is 284 g/mol. The lowest BCUT2D eigenvalue weighted by Crippen LogP contribution is -2.05. The summed E-state index contributed by atoms with van der Waals surface area (Å²) < 4.78 is 11.1. The first-order chi connectivity index (χ1) is 10.6. The van der Waals surface area contributed by atoms with Gasteiger partial charge >= 0.3 is 0 Å². The first kappa shape index (κ1) is 15.8. The van der Waals surface area contributed by atoms with Crippen molar-refractivity contribution in [3.63, 3.8) is 0 Å². The second kappa shape index (κ2) is 7.42. The molecule has 116 valence electrons. The van der Waals surface area contributed by atoms with Gasteiger partial charge in [0, 0.05) is 18.7 Å². The van der Waals surface area contributed by atoms with Crippen molar-refractivity contribution in [1.29, 1.82) is 0 Å². The molecule has 0 spiro atoms. The summed E-state index contributed by atoms with van der Waals surface area (Å²) in [6.45, 7) is 1.07. The van der Waals surface area contributed by atoms with Gasteiger partial charge in [-0.15, -0.1) is 0 Å². The van der Waals surface area contributed by atoms with E-state index in [1.807, 2.05) is 25.2 Å². The van der Waals surface area contributed by atoms with Gasteiger partial charge in [0.25, 0.3) is 5.69 Å². The average Bonchev–Trinajstić information content (AvgIpc) is 2.54. The van der Waals surface area contributed by atoms with Crippen molar-refractivity contribution in [2.45, 2.75) is 13.2 Å². The van der Waals surface area contributed by atoms with Crippen LogP contribution in [0.4, 0.5) is 5.69 Å². The van der Waals surface area contributed by atoms with Gasteiger partial charge in [-0.05, 0) is 42.4 Å². The van der Waals surface area contributed by atoms with Gasteiger partial charge in [0.15, 0.2) is 11.5 Å². The Hall–Kier alpha value is -2.60. The fraction of sp³-hybridized carbons (Fsp3) is 0.250. The van der Waals surface area contributed by atoms with Crippen LogP contribution in [-0.2, 0) is 13.2 Å². The van der Waals surface area contributed by atoms with Crippen molar-refractivity contribution >= 4 is 5.69 Å². The van der Waals surface area contributed by atoms with Crippen molar-refractivity contribution in [1.82, 2.24) is 5.32 Å². The number of nitro benzene ring substituents is 1. The maximum Gasteiger partial charge on any atom is 0.269 e. The van der Waals surface area contributed by atoms with Gasteiger partial charge in [-0.1, -0.05) is 6.07 Å². The summed E-state index contributed by atoms with van der Waals surface area (Å²) in [6.07, 6.45) is 0. The van der Waals surface area contributed by atoms with E-state index in [4.69, 9.17) is 9.47 Å². The molecule has 6 nitrogen and oxygen atoms in total. The Kier molecular flexibility index (Phi) is 5.32. The van der Waals surface area contributed by atoms with E-state index in [0.29, 0.717) is 18.1 Å². The van der Waals surface area contributed by atoms with Crippen LogP contribution < -0.4 is 14.8 Å². The number of hydrogen-bond donors (Lipinski definition) is 1. The zero-order valence-electron chi connectivity index (χ0n) is 12.5. The van der Waals surface area contributed by atoms with Crippen LogP contribution in [0, 0.1) is 10.1 Å². The first-order valence-electron chi connectivity index (χ1n) is 6.81. The molecule has 0 unspecified atom stereocenters. The van der Waals surface area contributed by atoms with Gasteiger partial charge in [0.2, 0.25) is 0 Å². The molecule has 0 saturated carbocycles. The van der Waals surface area contributed by atoms with Crippen molar-refractivity contribution in [3.05, 3.63) is 63.7 Å². The van der Waals surface area contributed by atoms with Gasteiger partial charge in [-0.25, -0.2) is 0 Å². The summed E-state index contributed by atoms with van der Waals surface area (Å²) in [4.78, 5) is 10.2. The summed E-state index contributed by atoms with van der Waals surface area (Å²) in [5.74, 6) is 1.30. The van der Waals surface area contributed by atoms with E-state index in [0.717, 1.165) is 17.7 Å². The topological polar surface area (TPSA) is 73.6 Å². The lowest BCUT2D eigenvalue weighted by molar-refractivity contribution is -0.384. The molecule has 0 aliphatic heterocycles. The van der Waals surface area contributed by atoms with Gasteiger partial charge in [-0.2, -0.15) is 0 Å². The summed E-state index contributed by atoms with van der Waals surface area (Å²) in [6, 6.07) is 12.0. The number of non-ortho nitro benzene ring substituents is 1. The third-order valence-electron chi connectivity index (χ3n) is 3.15. The summed E-state index contributed by atoms with van der Waals surface area (Å²) in [5, 5.41) is 13.7. The maximum absolute atomic E-state index is 10.6.